The van der Waals surface area contributed by atoms with E-state index in [1.165, 1.54) is 11.3 Å². The van der Waals surface area contributed by atoms with Crippen LogP contribution in [0.3, 0.4) is 0 Å². The standard InChI is InChI=1S/C13H17N3O2S/c1-4-14-9(3)10-7-19-13(15-10)16-12(17)11-6-5-8(2)18-11/h5-7,9,14H,4H2,1-3H3,(H,15,16,17). The Labute approximate surface area is 116 Å². The molecule has 1 unspecified atom stereocenters. The molecule has 5 nitrogen and oxygen atoms in total. The summed E-state index contributed by atoms with van der Waals surface area (Å²) in [4.78, 5) is 16.3. The molecule has 0 radical (unpaired) electrons. The van der Waals surface area contributed by atoms with Crippen LogP contribution in [0.2, 0.25) is 0 Å². The molecule has 0 fully saturated rings. The topological polar surface area (TPSA) is 67.2 Å². The van der Waals surface area contributed by atoms with Gasteiger partial charge in [0.15, 0.2) is 10.9 Å². The molecule has 0 saturated heterocycles. The maximum absolute atomic E-state index is 11.9. The predicted octanol–water partition coefficient (Wildman–Crippen LogP) is 2.97. The number of aromatic nitrogens is 1. The van der Waals surface area contributed by atoms with Crippen LogP contribution < -0.4 is 10.6 Å². The van der Waals surface area contributed by atoms with Gasteiger partial charge < -0.3 is 9.73 Å². The fourth-order valence-corrected chi connectivity index (χ4v) is 2.47. The summed E-state index contributed by atoms with van der Waals surface area (Å²) in [6, 6.07) is 3.59. The van der Waals surface area contributed by atoms with Gasteiger partial charge in [-0.2, -0.15) is 0 Å². The third-order valence-corrected chi connectivity index (χ3v) is 3.44. The molecule has 0 aliphatic rings. The molecule has 0 saturated carbocycles. The second-order valence-electron chi connectivity index (χ2n) is 4.22. The molecule has 0 aliphatic heterocycles. The van der Waals surface area contributed by atoms with E-state index in [0.717, 1.165) is 12.2 Å². The smallest absolute Gasteiger partial charge is 0.293 e. The van der Waals surface area contributed by atoms with Gasteiger partial charge in [-0.1, -0.05) is 6.92 Å². The summed E-state index contributed by atoms with van der Waals surface area (Å²) in [5.74, 6) is 0.741. The maximum atomic E-state index is 11.9. The third-order valence-electron chi connectivity index (χ3n) is 2.66. The van der Waals surface area contributed by atoms with Crippen molar-refractivity contribution in [3.8, 4) is 0 Å². The van der Waals surface area contributed by atoms with Gasteiger partial charge in [-0.3, -0.25) is 10.1 Å². The van der Waals surface area contributed by atoms with E-state index < -0.39 is 0 Å². The van der Waals surface area contributed by atoms with Gasteiger partial charge in [0.2, 0.25) is 0 Å². The van der Waals surface area contributed by atoms with Crippen LogP contribution in [-0.2, 0) is 0 Å². The largest absolute Gasteiger partial charge is 0.456 e. The van der Waals surface area contributed by atoms with Crippen molar-refractivity contribution in [2.24, 2.45) is 0 Å². The Morgan fingerprint density at radius 2 is 2.32 bits per heavy atom. The van der Waals surface area contributed by atoms with Gasteiger partial charge in [-0.05, 0) is 32.5 Å². The Bertz CT molecular complexity index is 562. The first kappa shape index (κ1) is 13.8. The Kier molecular flexibility index (Phi) is 4.34. The van der Waals surface area contributed by atoms with Crippen molar-refractivity contribution in [3.63, 3.8) is 0 Å². The highest BCUT2D eigenvalue weighted by atomic mass is 32.1. The molecule has 102 valence electrons. The highest BCUT2D eigenvalue weighted by Crippen LogP contribution is 2.21. The van der Waals surface area contributed by atoms with Gasteiger partial charge in [0, 0.05) is 11.4 Å². The Morgan fingerprint density at radius 3 is 2.95 bits per heavy atom. The molecule has 0 spiro atoms. The normalized spacial score (nSPS) is 12.4. The number of thiazole rings is 1. The lowest BCUT2D eigenvalue weighted by Gasteiger charge is -2.08. The molecule has 0 aliphatic carbocycles. The van der Waals surface area contributed by atoms with Crippen LogP contribution in [-0.4, -0.2) is 17.4 Å². The van der Waals surface area contributed by atoms with Gasteiger partial charge >= 0.3 is 0 Å². The fraction of sp³-hybridized carbons (Fsp3) is 0.385. The zero-order valence-corrected chi connectivity index (χ0v) is 12.0. The van der Waals surface area contributed by atoms with E-state index in [0.29, 0.717) is 16.7 Å². The molecule has 2 rings (SSSR count). The number of anilines is 1. The van der Waals surface area contributed by atoms with Crippen LogP contribution in [0.5, 0.6) is 0 Å². The van der Waals surface area contributed by atoms with E-state index in [9.17, 15) is 4.79 Å². The van der Waals surface area contributed by atoms with Crippen LogP contribution in [0.4, 0.5) is 5.13 Å². The fourth-order valence-electron chi connectivity index (χ4n) is 1.67. The van der Waals surface area contributed by atoms with Gasteiger partial charge in [0.25, 0.3) is 5.91 Å². The number of carbonyl (C=O) groups is 1. The number of rotatable bonds is 5. The van der Waals surface area contributed by atoms with Crippen LogP contribution in [0, 0.1) is 6.92 Å². The number of hydrogen-bond acceptors (Lipinski definition) is 5. The van der Waals surface area contributed by atoms with E-state index in [-0.39, 0.29) is 11.9 Å². The third kappa shape index (κ3) is 3.42. The van der Waals surface area contributed by atoms with Gasteiger partial charge in [0.1, 0.15) is 5.76 Å². The lowest BCUT2D eigenvalue weighted by Crippen LogP contribution is -2.18. The number of amides is 1. The highest BCUT2D eigenvalue weighted by molar-refractivity contribution is 7.14. The van der Waals surface area contributed by atoms with Crippen molar-refractivity contribution >= 4 is 22.4 Å². The molecule has 19 heavy (non-hydrogen) atoms. The number of nitrogens with one attached hydrogen (secondary N) is 2. The lowest BCUT2D eigenvalue weighted by molar-refractivity contribution is 0.0995. The second-order valence-corrected chi connectivity index (χ2v) is 5.08. The second kappa shape index (κ2) is 5.99. The molecule has 2 aromatic heterocycles. The number of carbonyl (C=O) groups excluding carboxylic acids is 1. The number of aryl methyl sites for hydroxylation is 1. The number of hydrogen-bond donors (Lipinski definition) is 2. The van der Waals surface area contributed by atoms with Crippen molar-refractivity contribution in [2.75, 3.05) is 11.9 Å². The summed E-state index contributed by atoms with van der Waals surface area (Å²) >= 11 is 1.41. The van der Waals surface area contributed by atoms with E-state index in [4.69, 9.17) is 4.42 Å². The summed E-state index contributed by atoms with van der Waals surface area (Å²) in [5.41, 5.74) is 0.928. The van der Waals surface area contributed by atoms with Gasteiger partial charge in [-0.15, -0.1) is 11.3 Å². The SMILES string of the molecule is CCNC(C)c1csc(NC(=O)c2ccc(C)o2)n1. The highest BCUT2D eigenvalue weighted by Gasteiger charge is 2.14. The number of nitrogens with zero attached hydrogens (tertiary/aromatic N) is 1. The van der Waals surface area contributed by atoms with Gasteiger partial charge in [0.05, 0.1) is 5.69 Å². The summed E-state index contributed by atoms with van der Waals surface area (Å²) < 4.78 is 5.26. The average molecular weight is 279 g/mol. The van der Waals surface area contributed by atoms with Crippen molar-refractivity contribution in [2.45, 2.75) is 26.8 Å². The minimum atomic E-state index is -0.273. The first-order chi connectivity index (χ1) is 9.10. The van der Waals surface area contributed by atoms with Crippen molar-refractivity contribution in [3.05, 3.63) is 34.7 Å². The number of furan rings is 1. The Hall–Kier alpha value is -1.66. The van der Waals surface area contributed by atoms with Crippen LogP contribution in [0.25, 0.3) is 0 Å². The lowest BCUT2D eigenvalue weighted by atomic mass is 10.3. The van der Waals surface area contributed by atoms with E-state index >= 15 is 0 Å². The quantitative estimate of drug-likeness (QED) is 0.883. The summed E-state index contributed by atoms with van der Waals surface area (Å²) in [5, 5.41) is 8.54. The summed E-state index contributed by atoms with van der Waals surface area (Å²) in [7, 11) is 0. The molecule has 2 heterocycles. The summed E-state index contributed by atoms with van der Waals surface area (Å²) in [6.45, 7) is 6.77. The van der Waals surface area contributed by atoms with Crippen LogP contribution >= 0.6 is 11.3 Å². The van der Waals surface area contributed by atoms with Crippen LogP contribution in [0.1, 0.15) is 41.9 Å². The predicted molar refractivity (Wildman–Crippen MR) is 75.6 cm³/mol. The van der Waals surface area contributed by atoms with E-state index in [1.807, 2.05) is 19.2 Å². The Morgan fingerprint density at radius 1 is 1.53 bits per heavy atom. The van der Waals surface area contributed by atoms with Crippen molar-refractivity contribution in [1.82, 2.24) is 10.3 Å². The monoisotopic (exact) mass is 279 g/mol. The first-order valence-corrected chi connectivity index (χ1v) is 7.04. The van der Waals surface area contributed by atoms with Gasteiger partial charge in [-0.25, -0.2) is 4.98 Å². The zero-order valence-electron chi connectivity index (χ0n) is 11.2. The van der Waals surface area contributed by atoms with E-state index in [1.54, 1.807) is 19.1 Å². The molecule has 0 aromatic carbocycles. The molecule has 6 heteroatoms. The molecule has 0 bridgehead atoms. The van der Waals surface area contributed by atoms with E-state index in [2.05, 4.69) is 15.6 Å². The first-order valence-electron chi connectivity index (χ1n) is 6.16. The molecular weight excluding hydrogens is 262 g/mol. The van der Waals surface area contributed by atoms with Crippen molar-refractivity contribution < 1.29 is 9.21 Å². The maximum Gasteiger partial charge on any atom is 0.293 e. The minimum Gasteiger partial charge on any atom is -0.456 e. The molecule has 1 atom stereocenters. The Balaban J connectivity index is 2.02. The minimum absolute atomic E-state index is 0.178. The molecule has 2 N–H and O–H groups in total. The average Bonchev–Trinajstić information content (AvgIpc) is 2.98. The summed E-state index contributed by atoms with van der Waals surface area (Å²) in [6.07, 6.45) is 0. The molecule has 2 aromatic rings. The zero-order chi connectivity index (χ0) is 13.8. The molecule has 1 amide bonds. The van der Waals surface area contributed by atoms with Crippen molar-refractivity contribution in [1.29, 1.82) is 0 Å². The van der Waals surface area contributed by atoms with Crippen LogP contribution in [0.15, 0.2) is 21.9 Å². The molecular formula is C13H17N3O2S.